The molecule has 1 heterocycles. The molecule has 1 aliphatic rings. The first-order valence-electron chi connectivity index (χ1n) is 6.31. The quantitative estimate of drug-likeness (QED) is 0.771. The van der Waals surface area contributed by atoms with Gasteiger partial charge in [0.1, 0.15) is 5.75 Å². The minimum Gasteiger partial charge on any atom is -0.463 e. The summed E-state index contributed by atoms with van der Waals surface area (Å²) >= 11 is 0. The molecule has 19 heavy (non-hydrogen) atoms. The van der Waals surface area contributed by atoms with Crippen molar-refractivity contribution < 1.29 is 9.53 Å². The Kier molecular flexibility index (Phi) is 2.95. The van der Waals surface area contributed by atoms with Crippen LogP contribution in [-0.4, -0.2) is 12.5 Å². The first-order chi connectivity index (χ1) is 9.28. The Bertz CT molecular complexity index is 595. The summed E-state index contributed by atoms with van der Waals surface area (Å²) in [7, 11) is 0. The van der Waals surface area contributed by atoms with E-state index in [1.165, 1.54) is 5.56 Å². The molecule has 3 rings (SSSR count). The van der Waals surface area contributed by atoms with E-state index >= 15 is 0 Å². The molecule has 0 amide bonds. The normalized spacial score (nSPS) is 17.5. The van der Waals surface area contributed by atoms with E-state index in [2.05, 4.69) is 13.0 Å². The van der Waals surface area contributed by atoms with Gasteiger partial charge in [0.25, 0.3) is 0 Å². The van der Waals surface area contributed by atoms with Gasteiger partial charge in [-0.15, -0.1) is 0 Å². The molecule has 2 aromatic carbocycles. The highest BCUT2D eigenvalue weighted by Gasteiger charge is 2.27. The first kappa shape index (κ1) is 11.8. The van der Waals surface area contributed by atoms with Crippen molar-refractivity contribution in [2.45, 2.75) is 19.7 Å². The van der Waals surface area contributed by atoms with E-state index in [0.717, 1.165) is 23.3 Å². The van der Waals surface area contributed by atoms with Crippen LogP contribution in [0.25, 0.3) is 0 Å². The zero-order valence-electron chi connectivity index (χ0n) is 10.7. The van der Waals surface area contributed by atoms with Gasteiger partial charge in [-0.25, -0.2) is 0 Å². The third kappa shape index (κ3) is 2.19. The molecule has 0 spiro atoms. The molecule has 0 fully saturated rings. The summed E-state index contributed by atoms with van der Waals surface area (Å²) in [5.74, 6) is 0.801. The number of hydrogen-bond acceptors (Lipinski definition) is 3. The molecule has 3 heteroatoms. The molecule has 0 N–H and O–H groups in total. The van der Waals surface area contributed by atoms with Crippen molar-refractivity contribution >= 4 is 12.0 Å². The summed E-state index contributed by atoms with van der Waals surface area (Å²) in [5.41, 5.74) is 3.30. The standard InChI is InChI=1S/C16H15NO2/c1-12-7-8-15-13(9-12)10-17(16(11-18)19-15)14-5-3-2-4-6-14/h2-9,11,16H,10H2,1H3. The third-order valence-corrected chi connectivity index (χ3v) is 3.32. The average molecular weight is 253 g/mol. The lowest BCUT2D eigenvalue weighted by Gasteiger charge is -2.35. The lowest BCUT2D eigenvalue weighted by atomic mass is 10.1. The number of benzene rings is 2. The number of carbonyl (C=O) groups excluding carboxylic acids is 1. The number of aldehydes is 1. The molecule has 96 valence electrons. The Hall–Kier alpha value is -2.29. The Morgan fingerprint density at radius 3 is 2.74 bits per heavy atom. The predicted octanol–water partition coefficient (Wildman–Crippen LogP) is 2.92. The molecular weight excluding hydrogens is 238 g/mol. The monoisotopic (exact) mass is 253 g/mol. The molecule has 0 aliphatic carbocycles. The summed E-state index contributed by atoms with van der Waals surface area (Å²) in [4.78, 5) is 13.2. The van der Waals surface area contributed by atoms with Crippen LogP contribution in [0.4, 0.5) is 5.69 Å². The van der Waals surface area contributed by atoms with Crippen molar-refractivity contribution in [2.75, 3.05) is 4.90 Å². The molecule has 2 aromatic rings. The Balaban J connectivity index is 2.00. The highest BCUT2D eigenvalue weighted by Crippen LogP contribution is 2.31. The smallest absolute Gasteiger partial charge is 0.229 e. The fraction of sp³-hybridized carbons (Fsp3) is 0.188. The minimum atomic E-state index is -0.558. The summed E-state index contributed by atoms with van der Waals surface area (Å²) in [6, 6.07) is 15.9. The minimum absolute atomic E-state index is 0.558. The number of carbonyl (C=O) groups is 1. The second-order valence-corrected chi connectivity index (χ2v) is 4.72. The molecule has 1 atom stereocenters. The van der Waals surface area contributed by atoms with Gasteiger partial charge in [0.15, 0.2) is 6.29 Å². The van der Waals surface area contributed by atoms with E-state index in [9.17, 15) is 4.79 Å². The van der Waals surface area contributed by atoms with Gasteiger partial charge in [-0.3, -0.25) is 4.79 Å². The van der Waals surface area contributed by atoms with Crippen LogP contribution in [0.5, 0.6) is 5.75 Å². The summed E-state index contributed by atoms with van der Waals surface area (Å²) in [6.07, 6.45) is 0.285. The molecule has 0 radical (unpaired) electrons. The van der Waals surface area contributed by atoms with Crippen molar-refractivity contribution in [3.05, 3.63) is 59.7 Å². The molecule has 0 aromatic heterocycles. The van der Waals surface area contributed by atoms with E-state index in [1.807, 2.05) is 47.4 Å². The lowest BCUT2D eigenvalue weighted by molar-refractivity contribution is -0.114. The lowest BCUT2D eigenvalue weighted by Crippen LogP contribution is -2.43. The highest BCUT2D eigenvalue weighted by molar-refractivity contribution is 5.66. The van der Waals surface area contributed by atoms with Crippen molar-refractivity contribution in [3.8, 4) is 5.75 Å². The fourth-order valence-electron chi connectivity index (χ4n) is 2.37. The molecule has 1 unspecified atom stereocenters. The van der Waals surface area contributed by atoms with E-state index in [-0.39, 0.29) is 0 Å². The van der Waals surface area contributed by atoms with E-state index in [4.69, 9.17) is 4.74 Å². The topological polar surface area (TPSA) is 29.5 Å². The van der Waals surface area contributed by atoms with Gasteiger partial charge >= 0.3 is 0 Å². The van der Waals surface area contributed by atoms with Crippen LogP contribution < -0.4 is 9.64 Å². The maximum Gasteiger partial charge on any atom is 0.229 e. The molecule has 3 nitrogen and oxygen atoms in total. The zero-order valence-corrected chi connectivity index (χ0v) is 10.7. The summed E-state index contributed by atoms with van der Waals surface area (Å²) < 4.78 is 5.76. The summed E-state index contributed by atoms with van der Waals surface area (Å²) in [6.45, 7) is 2.74. The van der Waals surface area contributed by atoms with Crippen molar-refractivity contribution in [1.82, 2.24) is 0 Å². The van der Waals surface area contributed by atoms with Gasteiger partial charge < -0.3 is 9.64 Å². The SMILES string of the molecule is Cc1ccc2c(c1)CN(c1ccccc1)C(C=O)O2. The average Bonchev–Trinajstić information content (AvgIpc) is 2.46. The first-order valence-corrected chi connectivity index (χ1v) is 6.31. The van der Waals surface area contributed by atoms with E-state index in [1.54, 1.807) is 0 Å². The van der Waals surface area contributed by atoms with Gasteiger partial charge in [0.05, 0.1) is 6.54 Å². The molecular formula is C16H15NO2. The molecule has 0 bridgehead atoms. The van der Waals surface area contributed by atoms with Crippen LogP contribution in [0.2, 0.25) is 0 Å². The number of para-hydroxylation sites is 1. The second-order valence-electron chi connectivity index (χ2n) is 4.72. The summed E-state index contributed by atoms with van der Waals surface area (Å²) in [5, 5.41) is 0. The molecule has 0 saturated heterocycles. The number of aryl methyl sites for hydroxylation is 1. The number of rotatable bonds is 2. The number of nitrogens with zero attached hydrogens (tertiary/aromatic N) is 1. The Morgan fingerprint density at radius 2 is 2.00 bits per heavy atom. The molecule has 0 saturated carbocycles. The fourth-order valence-corrected chi connectivity index (χ4v) is 2.37. The van der Waals surface area contributed by atoms with Crippen molar-refractivity contribution in [1.29, 1.82) is 0 Å². The van der Waals surface area contributed by atoms with Crippen molar-refractivity contribution in [2.24, 2.45) is 0 Å². The number of anilines is 1. The van der Waals surface area contributed by atoms with Gasteiger partial charge in [0.2, 0.25) is 6.23 Å². The number of ether oxygens (including phenoxy) is 1. The second kappa shape index (κ2) is 4.76. The largest absolute Gasteiger partial charge is 0.463 e. The van der Waals surface area contributed by atoms with Crippen LogP contribution >= 0.6 is 0 Å². The van der Waals surface area contributed by atoms with Crippen LogP contribution in [-0.2, 0) is 11.3 Å². The van der Waals surface area contributed by atoms with Crippen LogP contribution in [0.3, 0.4) is 0 Å². The van der Waals surface area contributed by atoms with Crippen LogP contribution in [0.1, 0.15) is 11.1 Å². The Morgan fingerprint density at radius 1 is 1.21 bits per heavy atom. The number of fused-ring (bicyclic) bond motifs is 1. The van der Waals surface area contributed by atoms with E-state index < -0.39 is 6.23 Å². The third-order valence-electron chi connectivity index (χ3n) is 3.32. The maximum absolute atomic E-state index is 11.3. The van der Waals surface area contributed by atoms with Gasteiger partial charge in [-0.1, -0.05) is 35.9 Å². The van der Waals surface area contributed by atoms with Gasteiger partial charge in [0, 0.05) is 11.3 Å². The molecule has 1 aliphatic heterocycles. The van der Waals surface area contributed by atoms with E-state index in [0.29, 0.717) is 6.54 Å². The van der Waals surface area contributed by atoms with Gasteiger partial charge in [-0.2, -0.15) is 0 Å². The predicted molar refractivity (Wildman–Crippen MR) is 74.3 cm³/mol. The zero-order chi connectivity index (χ0) is 13.2. The maximum atomic E-state index is 11.3. The van der Waals surface area contributed by atoms with Crippen molar-refractivity contribution in [3.63, 3.8) is 0 Å². The van der Waals surface area contributed by atoms with Crippen LogP contribution in [0.15, 0.2) is 48.5 Å². The Labute approximate surface area is 112 Å². The van der Waals surface area contributed by atoms with Crippen LogP contribution in [0, 0.1) is 6.92 Å². The van der Waals surface area contributed by atoms with Gasteiger partial charge in [-0.05, 0) is 25.1 Å². The highest BCUT2D eigenvalue weighted by atomic mass is 16.5. The number of hydrogen-bond donors (Lipinski definition) is 0.